The molecule has 1 fully saturated rings. The average molecular weight is 397 g/mol. The molecule has 0 bridgehead atoms. The summed E-state index contributed by atoms with van der Waals surface area (Å²) in [7, 11) is 0. The molecule has 27 heavy (non-hydrogen) atoms. The lowest BCUT2D eigenvalue weighted by Gasteiger charge is -2.40. The number of allylic oxidation sites excluding steroid dienone is 1. The maximum absolute atomic E-state index is 14.5. The van der Waals surface area contributed by atoms with Gasteiger partial charge in [-0.25, -0.2) is 9.18 Å². The number of carbonyl (C=O) groups excluding carboxylic acids is 1. The molecular weight excluding hydrogens is 367 g/mol. The zero-order valence-corrected chi connectivity index (χ0v) is 17.7. The Labute approximate surface area is 166 Å². The molecular formula is C22H30ClFO3. The highest BCUT2D eigenvalue weighted by Crippen LogP contribution is 2.44. The Morgan fingerprint density at radius 3 is 2.59 bits per heavy atom. The molecule has 0 amide bonds. The molecule has 0 aliphatic heterocycles. The average Bonchev–Trinajstić information content (AvgIpc) is 2.49. The van der Waals surface area contributed by atoms with Gasteiger partial charge in [0.05, 0.1) is 11.6 Å². The topological polar surface area (TPSA) is 35.5 Å². The van der Waals surface area contributed by atoms with E-state index in [0.29, 0.717) is 18.3 Å². The number of hydrogen-bond acceptors (Lipinski definition) is 3. The van der Waals surface area contributed by atoms with Crippen molar-refractivity contribution in [3.63, 3.8) is 0 Å². The predicted octanol–water partition coefficient (Wildman–Crippen LogP) is 6.59. The SMILES string of the molecule is C=C1CC(C)CC(CC)(COc2cc(F)c(C(=O)OC(C)(C)C)c(Cl)c2)C1. The van der Waals surface area contributed by atoms with E-state index in [-0.39, 0.29) is 16.0 Å². The van der Waals surface area contributed by atoms with Crippen molar-refractivity contribution in [3.8, 4) is 5.75 Å². The fourth-order valence-corrected chi connectivity index (χ4v) is 4.13. The normalized spacial score (nSPS) is 23.2. The molecule has 1 saturated carbocycles. The number of rotatable bonds is 5. The molecule has 1 aliphatic rings. The molecule has 0 aromatic heterocycles. The van der Waals surface area contributed by atoms with Crippen LogP contribution in [0, 0.1) is 17.2 Å². The molecule has 0 spiro atoms. The lowest BCUT2D eigenvalue weighted by atomic mass is 9.67. The van der Waals surface area contributed by atoms with E-state index in [9.17, 15) is 9.18 Å². The molecule has 3 nitrogen and oxygen atoms in total. The van der Waals surface area contributed by atoms with E-state index < -0.39 is 17.4 Å². The third kappa shape index (κ3) is 5.71. The van der Waals surface area contributed by atoms with Gasteiger partial charge < -0.3 is 9.47 Å². The summed E-state index contributed by atoms with van der Waals surface area (Å²) in [6.45, 7) is 14.2. The molecule has 0 radical (unpaired) electrons. The Bertz CT molecular complexity index is 700. The lowest BCUT2D eigenvalue weighted by Crippen LogP contribution is -2.34. The smallest absolute Gasteiger partial charge is 0.343 e. The summed E-state index contributed by atoms with van der Waals surface area (Å²) in [6.07, 6.45) is 3.98. The second-order valence-electron chi connectivity index (χ2n) is 8.85. The predicted molar refractivity (Wildman–Crippen MR) is 107 cm³/mol. The minimum atomic E-state index is -0.779. The maximum Gasteiger partial charge on any atom is 0.343 e. The van der Waals surface area contributed by atoms with Crippen molar-refractivity contribution in [2.75, 3.05) is 6.61 Å². The molecule has 1 aliphatic carbocycles. The van der Waals surface area contributed by atoms with Gasteiger partial charge in [-0.2, -0.15) is 0 Å². The fraction of sp³-hybridized carbons (Fsp3) is 0.591. The second kappa shape index (κ2) is 8.22. The number of benzene rings is 1. The minimum absolute atomic E-state index is 0.00153. The molecule has 150 valence electrons. The standard InChI is InChI=1S/C22H30ClFO3/c1-7-22(11-14(2)8-15(3)12-22)13-26-16-9-17(23)19(18(24)10-16)20(25)27-21(4,5)6/h9-10,15H,2,7-8,11-13H2,1,3-6H3. The molecule has 2 rings (SSSR count). The van der Waals surface area contributed by atoms with E-state index in [1.54, 1.807) is 20.8 Å². The first-order chi connectivity index (χ1) is 12.4. The molecule has 0 saturated heterocycles. The van der Waals surface area contributed by atoms with Crippen molar-refractivity contribution in [3.05, 3.63) is 40.7 Å². The summed E-state index contributed by atoms with van der Waals surface area (Å²) in [4.78, 5) is 12.2. The molecule has 2 unspecified atom stereocenters. The Balaban J connectivity index is 2.16. The van der Waals surface area contributed by atoms with Gasteiger partial charge in [0.25, 0.3) is 0 Å². The van der Waals surface area contributed by atoms with Crippen molar-refractivity contribution in [2.24, 2.45) is 11.3 Å². The number of esters is 1. The molecule has 0 heterocycles. The monoisotopic (exact) mass is 396 g/mol. The van der Waals surface area contributed by atoms with Crippen LogP contribution >= 0.6 is 11.6 Å². The molecule has 1 aromatic carbocycles. The summed E-state index contributed by atoms with van der Waals surface area (Å²) in [5.74, 6) is -0.635. The van der Waals surface area contributed by atoms with Gasteiger partial charge in [0.2, 0.25) is 0 Å². The first-order valence-corrected chi connectivity index (χ1v) is 9.84. The number of ether oxygens (including phenoxy) is 2. The van der Waals surface area contributed by atoms with E-state index in [1.165, 1.54) is 17.7 Å². The summed E-state index contributed by atoms with van der Waals surface area (Å²) >= 11 is 6.16. The van der Waals surface area contributed by atoms with Gasteiger partial charge in [0, 0.05) is 11.5 Å². The summed E-state index contributed by atoms with van der Waals surface area (Å²) in [5, 5.41) is -0.00813. The third-order valence-corrected chi connectivity index (χ3v) is 5.26. The van der Waals surface area contributed by atoms with Gasteiger partial charge in [0.1, 0.15) is 22.7 Å². The molecule has 1 aromatic rings. The van der Waals surface area contributed by atoms with Gasteiger partial charge >= 0.3 is 5.97 Å². The number of hydrogen-bond donors (Lipinski definition) is 0. The number of halogens is 2. The van der Waals surface area contributed by atoms with E-state index in [1.807, 2.05) is 0 Å². The van der Waals surface area contributed by atoms with Crippen LogP contribution in [0.3, 0.4) is 0 Å². The van der Waals surface area contributed by atoms with Crippen LogP contribution in [0.1, 0.15) is 70.7 Å². The molecule has 5 heteroatoms. The summed E-state index contributed by atoms with van der Waals surface area (Å²) in [6, 6.07) is 2.68. The van der Waals surface area contributed by atoms with E-state index in [2.05, 4.69) is 20.4 Å². The first kappa shape index (κ1) is 21.7. The highest BCUT2D eigenvalue weighted by Gasteiger charge is 2.36. The van der Waals surface area contributed by atoms with Crippen LogP contribution in [0.2, 0.25) is 5.02 Å². The van der Waals surface area contributed by atoms with Gasteiger partial charge in [-0.3, -0.25) is 0 Å². The molecule has 0 N–H and O–H groups in total. The van der Waals surface area contributed by atoms with Crippen molar-refractivity contribution in [2.45, 2.75) is 65.9 Å². The van der Waals surface area contributed by atoms with Crippen molar-refractivity contribution in [1.82, 2.24) is 0 Å². The number of carbonyl (C=O) groups is 1. The van der Waals surface area contributed by atoms with E-state index >= 15 is 0 Å². The third-order valence-electron chi connectivity index (χ3n) is 4.96. The Morgan fingerprint density at radius 2 is 2.07 bits per heavy atom. The Kier molecular flexibility index (Phi) is 6.62. The Hall–Kier alpha value is -1.55. The Morgan fingerprint density at radius 1 is 1.41 bits per heavy atom. The van der Waals surface area contributed by atoms with Crippen LogP contribution in [0.5, 0.6) is 5.75 Å². The van der Waals surface area contributed by atoms with Gasteiger partial charge in [-0.1, -0.05) is 37.6 Å². The second-order valence-corrected chi connectivity index (χ2v) is 9.25. The van der Waals surface area contributed by atoms with Gasteiger partial charge in [0.15, 0.2) is 0 Å². The van der Waals surface area contributed by atoms with Crippen molar-refractivity contribution < 1.29 is 18.7 Å². The highest BCUT2D eigenvalue weighted by molar-refractivity contribution is 6.33. The van der Waals surface area contributed by atoms with Crippen LogP contribution in [0.15, 0.2) is 24.3 Å². The quantitative estimate of drug-likeness (QED) is 0.416. The van der Waals surface area contributed by atoms with Crippen molar-refractivity contribution in [1.29, 1.82) is 0 Å². The van der Waals surface area contributed by atoms with E-state index in [4.69, 9.17) is 21.1 Å². The van der Waals surface area contributed by atoms with Crippen LogP contribution in [0.4, 0.5) is 4.39 Å². The van der Waals surface area contributed by atoms with Gasteiger partial charge in [-0.15, -0.1) is 0 Å². The van der Waals surface area contributed by atoms with Crippen LogP contribution < -0.4 is 4.74 Å². The zero-order chi connectivity index (χ0) is 20.4. The fourth-order valence-electron chi connectivity index (χ4n) is 3.85. The van der Waals surface area contributed by atoms with Crippen LogP contribution in [-0.2, 0) is 4.74 Å². The van der Waals surface area contributed by atoms with Crippen molar-refractivity contribution >= 4 is 17.6 Å². The minimum Gasteiger partial charge on any atom is -0.493 e. The summed E-state index contributed by atoms with van der Waals surface area (Å²) in [5.41, 5.74) is 0.254. The summed E-state index contributed by atoms with van der Waals surface area (Å²) < 4.78 is 25.7. The maximum atomic E-state index is 14.5. The zero-order valence-electron chi connectivity index (χ0n) is 17.0. The molecule has 2 atom stereocenters. The van der Waals surface area contributed by atoms with Crippen LogP contribution in [0.25, 0.3) is 0 Å². The van der Waals surface area contributed by atoms with Crippen LogP contribution in [-0.4, -0.2) is 18.2 Å². The largest absolute Gasteiger partial charge is 0.493 e. The highest BCUT2D eigenvalue weighted by atomic mass is 35.5. The van der Waals surface area contributed by atoms with Gasteiger partial charge in [-0.05, 0) is 58.4 Å². The lowest BCUT2D eigenvalue weighted by molar-refractivity contribution is 0.00647. The van der Waals surface area contributed by atoms with E-state index in [0.717, 1.165) is 25.7 Å². The first-order valence-electron chi connectivity index (χ1n) is 9.46.